The molecule has 0 saturated heterocycles. The number of ether oxygens (including phenoxy) is 1. The van der Waals surface area contributed by atoms with E-state index in [1.807, 2.05) is 35.0 Å². The van der Waals surface area contributed by atoms with Crippen molar-refractivity contribution in [1.29, 1.82) is 0 Å². The van der Waals surface area contributed by atoms with Crippen molar-refractivity contribution in [3.8, 4) is 11.4 Å². The Labute approximate surface area is 236 Å². The monoisotopic (exact) mass is 548 g/mol. The number of rotatable bonds is 8. The predicted molar refractivity (Wildman–Crippen MR) is 159 cm³/mol. The number of methoxy groups -OCH3 is 1. The summed E-state index contributed by atoms with van der Waals surface area (Å²) in [4.78, 5) is 28.6. The molecule has 4 rings (SSSR count). The van der Waals surface area contributed by atoms with Gasteiger partial charge in [-0.3, -0.25) is 14.5 Å². The van der Waals surface area contributed by atoms with Gasteiger partial charge in [-0.05, 0) is 41.7 Å². The van der Waals surface area contributed by atoms with Crippen LogP contribution in [0.3, 0.4) is 0 Å². The van der Waals surface area contributed by atoms with Crippen molar-refractivity contribution in [1.82, 2.24) is 15.1 Å². The summed E-state index contributed by atoms with van der Waals surface area (Å²) in [5, 5.41) is 8.06. The first-order chi connectivity index (χ1) is 18.5. The van der Waals surface area contributed by atoms with Crippen LogP contribution in [0.2, 0.25) is 0 Å². The summed E-state index contributed by atoms with van der Waals surface area (Å²) >= 11 is 1.58. The van der Waals surface area contributed by atoms with Crippen LogP contribution in [0.1, 0.15) is 69.2 Å². The highest BCUT2D eigenvalue weighted by Crippen LogP contribution is 2.48. The van der Waals surface area contributed by atoms with Crippen LogP contribution in [-0.4, -0.2) is 47.5 Å². The molecule has 2 heterocycles. The van der Waals surface area contributed by atoms with E-state index in [4.69, 9.17) is 9.84 Å². The fourth-order valence-electron chi connectivity index (χ4n) is 4.82. The van der Waals surface area contributed by atoms with Gasteiger partial charge in [-0.15, -0.1) is 11.8 Å². The zero-order valence-electron chi connectivity index (χ0n) is 24.1. The van der Waals surface area contributed by atoms with Crippen LogP contribution in [0, 0.1) is 5.92 Å². The van der Waals surface area contributed by atoms with Crippen LogP contribution >= 0.6 is 11.8 Å². The minimum atomic E-state index is -0.305. The lowest BCUT2D eigenvalue weighted by molar-refractivity contribution is -0.123. The van der Waals surface area contributed by atoms with Gasteiger partial charge in [0, 0.05) is 17.5 Å². The Morgan fingerprint density at radius 3 is 2.46 bits per heavy atom. The third kappa shape index (κ3) is 6.16. The van der Waals surface area contributed by atoms with Gasteiger partial charge in [-0.2, -0.15) is 5.10 Å². The van der Waals surface area contributed by atoms with Gasteiger partial charge < -0.3 is 10.1 Å². The number of nitrogens with one attached hydrogen (secondary N) is 1. The highest BCUT2D eigenvalue weighted by molar-refractivity contribution is 8.00. The maximum absolute atomic E-state index is 13.8. The van der Waals surface area contributed by atoms with E-state index in [1.165, 1.54) is 0 Å². The van der Waals surface area contributed by atoms with Crippen LogP contribution in [0.15, 0.2) is 48.5 Å². The Morgan fingerprint density at radius 2 is 1.85 bits per heavy atom. The van der Waals surface area contributed by atoms with Gasteiger partial charge in [0.15, 0.2) is 0 Å². The van der Waals surface area contributed by atoms with Gasteiger partial charge in [0.1, 0.15) is 18.1 Å². The first-order valence-electron chi connectivity index (χ1n) is 13.6. The molecular weight excluding hydrogens is 508 g/mol. The van der Waals surface area contributed by atoms with Crippen molar-refractivity contribution in [3.63, 3.8) is 0 Å². The van der Waals surface area contributed by atoms with Crippen molar-refractivity contribution in [2.75, 3.05) is 30.9 Å². The van der Waals surface area contributed by atoms with E-state index >= 15 is 0 Å². The van der Waals surface area contributed by atoms with Crippen molar-refractivity contribution in [2.24, 2.45) is 5.92 Å². The van der Waals surface area contributed by atoms with E-state index < -0.39 is 0 Å². The molecule has 0 unspecified atom stereocenters. The summed E-state index contributed by atoms with van der Waals surface area (Å²) in [6.07, 6.45) is 0.815. The molecule has 2 amide bonds. The summed E-state index contributed by atoms with van der Waals surface area (Å²) in [6, 6.07) is 16.2. The highest BCUT2D eigenvalue weighted by atomic mass is 32.2. The third-order valence-electron chi connectivity index (χ3n) is 6.83. The largest absolute Gasteiger partial charge is 0.497 e. The van der Waals surface area contributed by atoms with Crippen molar-refractivity contribution >= 4 is 29.4 Å². The third-order valence-corrected chi connectivity index (χ3v) is 8.08. The number of benzene rings is 2. The van der Waals surface area contributed by atoms with Crippen molar-refractivity contribution in [3.05, 3.63) is 70.9 Å². The van der Waals surface area contributed by atoms with E-state index in [0.29, 0.717) is 18.3 Å². The Bertz CT molecular complexity index is 1320. The first-order valence-corrected chi connectivity index (χ1v) is 14.6. The van der Waals surface area contributed by atoms with Gasteiger partial charge >= 0.3 is 0 Å². The molecule has 0 spiro atoms. The second kappa shape index (κ2) is 11.9. The Kier molecular flexibility index (Phi) is 8.74. The lowest BCUT2D eigenvalue weighted by atomic mass is 9.87. The maximum atomic E-state index is 13.8. The lowest BCUT2D eigenvalue weighted by Gasteiger charge is -2.25. The van der Waals surface area contributed by atoms with E-state index in [-0.39, 0.29) is 34.8 Å². The highest BCUT2D eigenvalue weighted by Gasteiger charge is 2.40. The summed E-state index contributed by atoms with van der Waals surface area (Å²) in [6.45, 7) is 13.2. The first kappa shape index (κ1) is 28.7. The molecule has 1 aliphatic heterocycles. The topological polar surface area (TPSA) is 76.5 Å². The number of carbonyl (C=O) groups is 2. The molecule has 1 aliphatic rings. The summed E-state index contributed by atoms with van der Waals surface area (Å²) in [7, 11) is 1.65. The number of anilines is 1. The van der Waals surface area contributed by atoms with Crippen LogP contribution in [-0.2, 0) is 21.4 Å². The quantitative estimate of drug-likeness (QED) is 0.392. The number of hydrogen-bond acceptors (Lipinski definition) is 5. The number of thioether (sulfide) groups is 1. The second-order valence-corrected chi connectivity index (χ2v) is 12.5. The van der Waals surface area contributed by atoms with Gasteiger partial charge in [-0.25, -0.2) is 4.68 Å². The minimum absolute atomic E-state index is 0.0575. The Balaban J connectivity index is 1.98. The summed E-state index contributed by atoms with van der Waals surface area (Å²) < 4.78 is 7.31. The standard InChI is InChI=1S/C31H40N4O3S/c1-8-21-11-9-10-12-24(21)35-30-27(29(33-35)31(4,5)6)28(22-13-15-23(38-7)16-14-22)39-19-26(37)34(30)18-25(36)32-17-20(2)3/h9-16,20,28H,8,17-19H2,1-7H3,(H,32,36)/t28-/m1/s1. The maximum Gasteiger partial charge on any atom is 0.240 e. The normalized spacial score (nSPS) is 15.7. The molecule has 0 fully saturated rings. The molecule has 2 aromatic carbocycles. The number of nitrogens with zero attached hydrogens (tertiary/aromatic N) is 3. The number of aryl methyl sites for hydroxylation is 1. The van der Waals surface area contributed by atoms with E-state index in [1.54, 1.807) is 23.8 Å². The zero-order chi connectivity index (χ0) is 28.3. The van der Waals surface area contributed by atoms with Crippen molar-refractivity contribution < 1.29 is 14.3 Å². The number of para-hydroxylation sites is 1. The van der Waals surface area contributed by atoms with Crippen LogP contribution < -0.4 is 15.0 Å². The number of amides is 2. The predicted octanol–water partition coefficient (Wildman–Crippen LogP) is 5.68. The number of fused-ring (bicyclic) bond motifs is 1. The van der Waals surface area contributed by atoms with E-state index in [2.05, 4.69) is 65.1 Å². The molecule has 3 aromatic rings. The van der Waals surface area contributed by atoms with Gasteiger partial charge in [-0.1, -0.05) is 71.9 Å². The average molecular weight is 549 g/mol. The molecule has 1 N–H and O–H groups in total. The summed E-state index contributed by atoms with van der Waals surface area (Å²) in [5.41, 5.74) is 4.70. The summed E-state index contributed by atoms with van der Waals surface area (Å²) in [5.74, 6) is 1.74. The second-order valence-electron chi connectivity index (χ2n) is 11.4. The SMILES string of the molecule is CCc1ccccc1-n1nc(C(C)(C)C)c2c1N(CC(=O)NCC(C)C)C(=O)CS[C@@H]2c1ccc(OC)cc1. The molecule has 0 saturated carbocycles. The van der Waals surface area contributed by atoms with E-state index in [9.17, 15) is 9.59 Å². The number of aromatic nitrogens is 2. The Morgan fingerprint density at radius 1 is 1.15 bits per heavy atom. The van der Waals surface area contributed by atoms with E-state index in [0.717, 1.165) is 40.2 Å². The molecule has 8 heteroatoms. The van der Waals surface area contributed by atoms with Gasteiger partial charge in [0.25, 0.3) is 0 Å². The molecule has 1 aromatic heterocycles. The Hall–Kier alpha value is -3.26. The lowest BCUT2D eigenvalue weighted by Crippen LogP contribution is -2.43. The number of carbonyl (C=O) groups excluding carboxylic acids is 2. The number of hydrogen-bond donors (Lipinski definition) is 1. The fraction of sp³-hybridized carbons (Fsp3) is 0.452. The van der Waals surface area contributed by atoms with Gasteiger partial charge in [0.05, 0.1) is 29.5 Å². The van der Waals surface area contributed by atoms with Crippen LogP contribution in [0.25, 0.3) is 5.69 Å². The molecule has 0 aliphatic carbocycles. The molecule has 7 nitrogen and oxygen atoms in total. The minimum Gasteiger partial charge on any atom is -0.497 e. The molecule has 208 valence electrons. The van der Waals surface area contributed by atoms with Crippen LogP contribution in [0.4, 0.5) is 5.82 Å². The van der Waals surface area contributed by atoms with Crippen molar-refractivity contribution in [2.45, 2.75) is 58.6 Å². The zero-order valence-corrected chi connectivity index (χ0v) is 24.9. The molecule has 0 radical (unpaired) electrons. The average Bonchev–Trinajstić information content (AvgIpc) is 3.25. The van der Waals surface area contributed by atoms with Crippen LogP contribution in [0.5, 0.6) is 5.75 Å². The fourth-order valence-corrected chi connectivity index (χ4v) is 6.02. The van der Waals surface area contributed by atoms with Gasteiger partial charge in [0.2, 0.25) is 11.8 Å². The molecule has 0 bridgehead atoms. The smallest absolute Gasteiger partial charge is 0.240 e. The molecule has 1 atom stereocenters. The molecule has 39 heavy (non-hydrogen) atoms. The molecular formula is C31H40N4O3S.